The Bertz CT molecular complexity index is 685. The van der Waals surface area contributed by atoms with Gasteiger partial charge in [-0.05, 0) is 38.8 Å². The van der Waals surface area contributed by atoms with Crippen molar-refractivity contribution in [3.8, 4) is 0 Å². The number of nitrogens with zero attached hydrogens (tertiary/aromatic N) is 2. The minimum atomic E-state index is -0.909. The zero-order valence-corrected chi connectivity index (χ0v) is 14.0. The van der Waals surface area contributed by atoms with Crippen LogP contribution in [0, 0.1) is 18.3 Å². The summed E-state index contributed by atoms with van der Waals surface area (Å²) < 4.78 is 0. The normalized spacial score (nSPS) is 26.9. The number of aryl methyl sites for hydroxylation is 1. The lowest BCUT2D eigenvalue weighted by Crippen LogP contribution is -2.41. The summed E-state index contributed by atoms with van der Waals surface area (Å²) >= 11 is 0. The van der Waals surface area contributed by atoms with Crippen LogP contribution in [0.25, 0.3) is 0 Å². The number of hydrogen-bond acceptors (Lipinski definition) is 3. The molecule has 6 nitrogen and oxygen atoms in total. The third-order valence-corrected chi connectivity index (χ3v) is 5.15. The number of likely N-dealkylation sites (tertiary alicyclic amines) is 1. The molecule has 2 heterocycles. The molecule has 0 bridgehead atoms. The van der Waals surface area contributed by atoms with E-state index in [9.17, 15) is 19.5 Å². The molecule has 2 aliphatic rings. The molecule has 0 radical (unpaired) electrons. The number of carboxylic acids is 1. The van der Waals surface area contributed by atoms with Crippen molar-refractivity contribution in [1.29, 1.82) is 0 Å². The minimum absolute atomic E-state index is 0.176. The van der Waals surface area contributed by atoms with E-state index >= 15 is 0 Å². The van der Waals surface area contributed by atoms with Gasteiger partial charge in [-0.1, -0.05) is 17.7 Å². The summed E-state index contributed by atoms with van der Waals surface area (Å²) in [6.07, 6.45) is 0.905. The molecule has 6 heteroatoms. The summed E-state index contributed by atoms with van der Waals surface area (Å²) in [5.74, 6) is -2.01. The van der Waals surface area contributed by atoms with E-state index in [0.29, 0.717) is 25.9 Å². The topological polar surface area (TPSA) is 77.9 Å². The van der Waals surface area contributed by atoms with Crippen LogP contribution in [-0.2, 0) is 14.4 Å². The summed E-state index contributed by atoms with van der Waals surface area (Å²) in [4.78, 5) is 39.8. The Hall–Kier alpha value is -2.37. The summed E-state index contributed by atoms with van der Waals surface area (Å²) in [5, 5.41) is 9.29. The number of carboxylic acid groups (broad SMARTS) is 1. The maximum absolute atomic E-state index is 12.7. The SMILES string of the molecule is Cc1ccc(N2CC[C@H](C(=O)N3CC[C@@](C)(C(=O)O)C3)C2=O)cc1. The number of rotatable bonds is 3. The van der Waals surface area contributed by atoms with Crippen molar-refractivity contribution in [3.05, 3.63) is 29.8 Å². The molecule has 2 aliphatic heterocycles. The highest BCUT2D eigenvalue weighted by Gasteiger charge is 2.46. The molecule has 0 unspecified atom stereocenters. The highest BCUT2D eigenvalue weighted by atomic mass is 16.4. The van der Waals surface area contributed by atoms with Gasteiger partial charge in [-0.2, -0.15) is 0 Å². The molecule has 2 fully saturated rings. The summed E-state index contributed by atoms with van der Waals surface area (Å²) in [6, 6.07) is 7.65. The van der Waals surface area contributed by atoms with Gasteiger partial charge in [-0.15, -0.1) is 0 Å². The average Bonchev–Trinajstić information content (AvgIpc) is 3.12. The summed E-state index contributed by atoms with van der Waals surface area (Å²) in [6.45, 7) is 4.72. The van der Waals surface area contributed by atoms with E-state index in [0.717, 1.165) is 11.3 Å². The molecule has 3 rings (SSSR count). The predicted molar refractivity (Wildman–Crippen MR) is 88.6 cm³/mol. The highest BCUT2D eigenvalue weighted by Crippen LogP contribution is 2.33. The second kappa shape index (κ2) is 5.92. The third kappa shape index (κ3) is 2.77. The zero-order chi connectivity index (χ0) is 17.5. The summed E-state index contributed by atoms with van der Waals surface area (Å²) in [7, 11) is 0. The molecule has 0 aliphatic carbocycles. The predicted octanol–water partition coefficient (Wildman–Crippen LogP) is 1.67. The van der Waals surface area contributed by atoms with E-state index in [2.05, 4.69) is 0 Å². The molecule has 0 saturated carbocycles. The monoisotopic (exact) mass is 330 g/mol. The largest absolute Gasteiger partial charge is 0.481 e. The van der Waals surface area contributed by atoms with Gasteiger partial charge in [0.2, 0.25) is 11.8 Å². The van der Waals surface area contributed by atoms with Crippen LogP contribution in [0.2, 0.25) is 0 Å². The van der Waals surface area contributed by atoms with E-state index in [1.165, 1.54) is 4.90 Å². The van der Waals surface area contributed by atoms with E-state index in [1.807, 2.05) is 31.2 Å². The minimum Gasteiger partial charge on any atom is -0.481 e. The highest BCUT2D eigenvalue weighted by molar-refractivity contribution is 6.09. The number of amides is 2. The number of anilines is 1. The van der Waals surface area contributed by atoms with Crippen LogP contribution in [0.3, 0.4) is 0 Å². The maximum Gasteiger partial charge on any atom is 0.311 e. The van der Waals surface area contributed by atoms with Crippen LogP contribution in [0.5, 0.6) is 0 Å². The Morgan fingerprint density at radius 3 is 2.46 bits per heavy atom. The Morgan fingerprint density at radius 2 is 1.88 bits per heavy atom. The van der Waals surface area contributed by atoms with E-state index < -0.39 is 17.3 Å². The van der Waals surface area contributed by atoms with Gasteiger partial charge in [0.1, 0.15) is 5.92 Å². The van der Waals surface area contributed by atoms with Crippen molar-refractivity contribution in [2.24, 2.45) is 11.3 Å². The van der Waals surface area contributed by atoms with Gasteiger partial charge in [0.15, 0.2) is 0 Å². The van der Waals surface area contributed by atoms with Crippen molar-refractivity contribution in [2.75, 3.05) is 24.5 Å². The first kappa shape index (κ1) is 16.5. The standard InChI is InChI=1S/C18H22N2O4/c1-12-3-5-13(6-4-12)20-9-7-14(16(20)22)15(21)19-10-8-18(2,11-19)17(23)24/h3-6,14H,7-11H2,1-2H3,(H,23,24)/t14-,18-/m1/s1. The van der Waals surface area contributed by atoms with Crippen molar-refractivity contribution in [1.82, 2.24) is 4.90 Å². The average molecular weight is 330 g/mol. The maximum atomic E-state index is 12.7. The smallest absolute Gasteiger partial charge is 0.311 e. The Kier molecular flexibility index (Phi) is 4.07. The number of carbonyl (C=O) groups excluding carboxylic acids is 2. The fourth-order valence-electron chi connectivity index (χ4n) is 3.43. The molecule has 1 N–H and O–H groups in total. The van der Waals surface area contributed by atoms with E-state index in [1.54, 1.807) is 11.8 Å². The van der Waals surface area contributed by atoms with Gasteiger partial charge in [-0.3, -0.25) is 14.4 Å². The van der Waals surface area contributed by atoms with Crippen molar-refractivity contribution in [3.63, 3.8) is 0 Å². The van der Waals surface area contributed by atoms with E-state index in [4.69, 9.17) is 0 Å². The molecule has 1 aromatic rings. The lowest BCUT2D eigenvalue weighted by atomic mass is 9.90. The fraction of sp³-hybridized carbons (Fsp3) is 0.500. The van der Waals surface area contributed by atoms with Crippen LogP contribution in [0.4, 0.5) is 5.69 Å². The number of hydrogen-bond donors (Lipinski definition) is 1. The molecular formula is C18H22N2O4. The molecule has 0 aromatic heterocycles. The van der Waals surface area contributed by atoms with Crippen LogP contribution >= 0.6 is 0 Å². The zero-order valence-electron chi connectivity index (χ0n) is 14.0. The number of aliphatic carboxylic acids is 1. The molecular weight excluding hydrogens is 308 g/mol. The first-order chi connectivity index (χ1) is 11.3. The lowest BCUT2D eigenvalue weighted by Gasteiger charge is -2.22. The number of carbonyl (C=O) groups is 3. The van der Waals surface area contributed by atoms with Gasteiger partial charge in [-0.25, -0.2) is 0 Å². The second-order valence-electron chi connectivity index (χ2n) is 7.04. The lowest BCUT2D eigenvalue weighted by molar-refractivity contribution is -0.147. The Balaban J connectivity index is 1.70. The molecule has 2 amide bonds. The molecule has 0 spiro atoms. The molecule has 1 aromatic carbocycles. The van der Waals surface area contributed by atoms with Crippen molar-refractivity contribution >= 4 is 23.5 Å². The van der Waals surface area contributed by atoms with Crippen molar-refractivity contribution < 1.29 is 19.5 Å². The van der Waals surface area contributed by atoms with Gasteiger partial charge >= 0.3 is 5.97 Å². The molecule has 2 atom stereocenters. The third-order valence-electron chi connectivity index (χ3n) is 5.15. The Labute approximate surface area is 141 Å². The van der Waals surface area contributed by atoms with Crippen LogP contribution in [-0.4, -0.2) is 47.4 Å². The number of benzene rings is 1. The quantitative estimate of drug-likeness (QED) is 0.855. The Morgan fingerprint density at radius 1 is 1.21 bits per heavy atom. The second-order valence-corrected chi connectivity index (χ2v) is 7.04. The van der Waals surface area contributed by atoms with Gasteiger partial charge < -0.3 is 14.9 Å². The fourth-order valence-corrected chi connectivity index (χ4v) is 3.43. The summed E-state index contributed by atoms with van der Waals surface area (Å²) in [5.41, 5.74) is 1.01. The first-order valence-electron chi connectivity index (χ1n) is 8.22. The van der Waals surface area contributed by atoms with Crippen molar-refractivity contribution in [2.45, 2.75) is 26.7 Å². The van der Waals surface area contributed by atoms with E-state index in [-0.39, 0.29) is 18.4 Å². The van der Waals surface area contributed by atoms with Crippen LogP contribution in [0.15, 0.2) is 24.3 Å². The van der Waals surface area contributed by atoms with Gasteiger partial charge in [0.05, 0.1) is 5.41 Å². The molecule has 128 valence electrons. The molecule has 2 saturated heterocycles. The van der Waals surface area contributed by atoms with Crippen LogP contribution in [0.1, 0.15) is 25.3 Å². The molecule has 24 heavy (non-hydrogen) atoms. The van der Waals surface area contributed by atoms with Gasteiger partial charge in [0, 0.05) is 25.3 Å². The van der Waals surface area contributed by atoms with Gasteiger partial charge in [0.25, 0.3) is 0 Å². The van der Waals surface area contributed by atoms with Crippen LogP contribution < -0.4 is 4.90 Å². The first-order valence-corrected chi connectivity index (χ1v) is 8.22.